The summed E-state index contributed by atoms with van der Waals surface area (Å²) < 4.78 is 8.49. The van der Waals surface area contributed by atoms with E-state index in [9.17, 15) is 0 Å². The zero-order valence-corrected chi connectivity index (χ0v) is 26.9. The van der Waals surface area contributed by atoms with Gasteiger partial charge in [0.05, 0.1) is 17.4 Å². The van der Waals surface area contributed by atoms with Crippen LogP contribution in [0.4, 0.5) is 0 Å². The first kappa shape index (κ1) is 28.8. The van der Waals surface area contributed by atoms with Crippen molar-refractivity contribution < 1.29 is 4.74 Å². The summed E-state index contributed by atoms with van der Waals surface area (Å²) in [5.41, 5.74) is 9.43. The van der Waals surface area contributed by atoms with Crippen molar-refractivity contribution in [2.75, 3.05) is 0 Å². The van der Waals surface area contributed by atoms with Gasteiger partial charge in [-0.3, -0.25) is 4.40 Å². The number of ether oxygens (including phenoxy) is 1. The zero-order chi connectivity index (χ0) is 31.3. The van der Waals surface area contributed by atoms with Gasteiger partial charge in [-0.05, 0) is 69.8 Å². The van der Waals surface area contributed by atoms with Gasteiger partial charge in [0, 0.05) is 34.0 Å². The molecule has 4 heteroatoms. The first-order chi connectivity index (χ1) is 21.7. The number of aromatic nitrogens is 3. The molecule has 0 unspecified atom stereocenters. The van der Waals surface area contributed by atoms with E-state index in [4.69, 9.17) is 9.72 Å². The molecule has 0 aliphatic rings. The lowest BCUT2D eigenvalue weighted by atomic mass is 9.77. The zero-order valence-electron chi connectivity index (χ0n) is 26.9. The Labute approximate surface area is 265 Å². The van der Waals surface area contributed by atoms with Crippen molar-refractivity contribution in [1.82, 2.24) is 14.4 Å². The predicted molar refractivity (Wildman–Crippen MR) is 187 cm³/mol. The average Bonchev–Trinajstić information content (AvgIpc) is 3.50. The standard InChI is InChI=1S/C41H39N3O/c1-26(2)31-16-12-17-32(27(3)4)39(31)37-25-43-40-35-24-29(20-21-33(35)34-15-7-8-18-36(34)44(37)40)41(5,6)28-13-11-14-30(23-28)45-38-19-9-10-22-42-38/h7-27H,1-6H3. The second-order valence-electron chi connectivity index (χ2n) is 13.1. The largest absolute Gasteiger partial charge is 0.439 e. The van der Waals surface area contributed by atoms with Crippen LogP contribution in [-0.4, -0.2) is 14.4 Å². The molecule has 0 saturated heterocycles. The number of rotatable bonds is 7. The van der Waals surface area contributed by atoms with Crippen molar-refractivity contribution in [2.45, 2.75) is 58.8 Å². The van der Waals surface area contributed by atoms with Crippen molar-refractivity contribution in [2.24, 2.45) is 0 Å². The van der Waals surface area contributed by atoms with Gasteiger partial charge < -0.3 is 4.74 Å². The molecule has 4 aromatic carbocycles. The molecular weight excluding hydrogens is 550 g/mol. The molecule has 0 aliphatic heterocycles. The number of imidazole rings is 1. The Kier molecular flexibility index (Phi) is 7.16. The molecule has 4 nitrogen and oxygen atoms in total. The SMILES string of the molecule is CC(C)c1cccc(C(C)C)c1-c1cnc2c3cc(C(C)(C)c4cccc(Oc5ccccn5)c4)ccc3c3ccccc3n12. The molecule has 3 aromatic heterocycles. The summed E-state index contributed by atoms with van der Waals surface area (Å²) in [5, 5.41) is 3.59. The minimum atomic E-state index is -0.287. The molecule has 0 N–H and O–H groups in total. The van der Waals surface area contributed by atoms with Crippen LogP contribution < -0.4 is 4.74 Å². The molecule has 7 aromatic rings. The molecule has 0 fully saturated rings. The first-order valence-corrected chi connectivity index (χ1v) is 15.9. The third-order valence-corrected chi connectivity index (χ3v) is 9.22. The van der Waals surface area contributed by atoms with Crippen LogP contribution in [0.3, 0.4) is 0 Å². The third-order valence-electron chi connectivity index (χ3n) is 9.22. The molecule has 7 rings (SSSR count). The maximum atomic E-state index is 6.10. The third kappa shape index (κ3) is 4.95. The Bertz CT molecular complexity index is 2150. The summed E-state index contributed by atoms with van der Waals surface area (Å²) >= 11 is 0. The average molecular weight is 590 g/mol. The maximum Gasteiger partial charge on any atom is 0.219 e. The fourth-order valence-electron chi connectivity index (χ4n) is 6.70. The van der Waals surface area contributed by atoms with E-state index < -0.39 is 0 Å². The Morgan fingerprint density at radius 1 is 0.644 bits per heavy atom. The van der Waals surface area contributed by atoms with Gasteiger partial charge in [-0.1, -0.05) is 108 Å². The van der Waals surface area contributed by atoms with Gasteiger partial charge in [0.15, 0.2) is 0 Å². The van der Waals surface area contributed by atoms with Crippen LogP contribution in [0.25, 0.3) is 38.6 Å². The number of hydrogen-bond donors (Lipinski definition) is 0. The quantitative estimate of drug-likeness (QED) is 0.174. The second kappa shape index (κ2) is 11.2. The molecule has 45 heavy (non-hydrogen) atoms. The van der Waals surface area contributed by atoms with E-state index in [1.165, 1.54) is 44.1 Å². The highest BCUT2D eigenvalue weighted by Gasteiger charge is 2.26. The van der Waals surface area contributed by atoms with Crippen LogP contribution in [0.1, 0.15) is 75.6 Å². The van der Waals surface area contributed by atoms with Crippen LogP contribution in [0, 0.1) is 0 Å². The summed E-state index contributed by atoms with van der Waals surface area (Å²) in [7, 11) is 0. The smallest absolute Gasteiger partial charge is 0.219 e. The number of para-hydroxylation sites is 1. The van der Waals surface area contributed by atoms with Crippen LogP contribution >= 0.6 is 0 Å². The molecular formula is C41H39N3O. The molecule has 0 radical (unpaired) electrons. The summed E-state index contributed by atoms with van der Waals surface area (Å²) in [6, 6.07) is 36.4. The molecule has 0 saturated carbocycles. The fraction of sp³-hybridized carbons (Fsp3) is 0.220. The normalized spacial score (nSPS) is 12.2. The number of hydrogen-bond acceptors (Lipinski definition) is 3. The van der Waals surface area contributed by atoms with Gasteiger partial charge in [0.1, 0.15) is 11.4 Å². The number of pyridine rings is 2. The van der Waals surface area contributed by atoms with Gasteiger partial charge in [-0.2, -0.15) is 0 Å². The number of nitrogens with zero attached hydrogens (tertiary/aromatic N) is 3. The van der Waals surface area contributed by atoms with Crippen molar-refractivity contribution in [3.63, 3.8) is 0 Å². The Balaban J connectivity index is 1.44. The minimum Gasteiger partial charge on any atom is -0.439 e. The highest BCUT2D eigenvalue weighted by molar-refractivity contribution is 6.12. The van der Waals surface area contributed by atoms with Crippen molar-refractivity contribution in [3.8, 4) is 22.9 Å². The summed E-state index contributed by atoms with van der Waals surface area (Å²) in [6.45, 7) is 13.7. The van der Waals surface area contributed by atoms with Crippen molar-refractivity contribution in [3.05, 3.63) is 138 Å². The molecule has 0 amide bonds. The summed E-state index contributed by atoms with van der Waals surface area (Å²) in [5.74, 6) is 2.14. The maximum absolute atomic E-state index is 6.10. The molecule has 0 bridgehead atoms. The van der Waals surface area contributed by atoms with Gasteiger partial charge in [0.2, 0.25) is 5.88 Å². The predicted octanol–water partition coefficient (Wildman–Crippen LogP) is 11.1. The fourth-order valence-corrected chi connectivity index (χ4v) is 6.70. The van der Waals surface area contributed by atoms with Crippen LogP contribution in [-0.2, 0) is 5.41 Å². The Morgan fingerprint density at radius 3 is 2.09 bits per heavy atom. The van der Waals surface area contributed by atoms with E-state index in [0.717, 1.165) is 22.5 Å². The Morgan fingerprint density at radius 2 is 1.36 bits per heavy atom. The van der Waals surface area contributed by atoms with E-state index in [1.807, 2.05) is 24.3 Å². The molecule has 0 atom stereocenters. The second-order valence-corrected chi connectivity index (χ2v) is 13.1. The molecule has 224 valence electrons. The van der Waals surface area contributed by atoms with E-state index in [2.05, 4.69) is 136 Å². The van der Waals surface area contributed by atoms with E-state index in [1.54, 1.807) is 6.20 Å². The lowest BCUT2D eigenvalue weighted by Crippen LogP contribution is -2.19. The molecule has 0 aliphatic carbocycles. The van der Waals surface area contributed by atoms with E-state index in [0.29, 0.717) is 17.7 Å². The highest BCUT2D eigenvalue weighted by atomic mass is 16.5. The van der Waals surface area contributed by atoms with Crippen LogP contribution in [0.5, 0.6) is 11.6 Å². The monoisotopic (exact) mass is 589 g/mol. The topological polar surface area (TPSA) is 39.4 Å². The van der Waals surface area contributed by atoms with Gasteiger partial charge in [-0.15, -0.1) is 0 Å². The first-order valence-electron chi connectivity index (χ1n) is 15.9. The van der Waals surface area contributed by atoms with Gasteiger partial charge in [-0.25, -0.2) is 9.97 Å². The number of fused-ring (bicyclic) bond motifs is 6. The Hall–Kier alpha value is -4.96. The van der Waals surface area contributed by atoms with Gasteiger partial charge in [0.25, 0.3) is 0 Å². The summed E-state index contributed by atoms with van der Waals surface area (Å²) in [4.78, 5) is 9.50. The van der Waals surface area contributed by atoms with Crippen molar-refractivity contribution in [1.29, 1.82) is 0 Å². The lowest BCUT2D eigenvalue weighted by Gasteiger charge is -2.27. The van der Waals surface area contributed by atoms with Crippen LogP contribution in [0.2, 0.25) is 0 Å². The van der Waals surface area contributed by atoms with Crippen molar-refractivity contribution >= 4 is 27.3 Å². The molecule has 0 spiro atoms. The van der Waals surface area contributed by atoms with E-state index >= 15 is 0 Å². The number of benzene rings is 4. The highest BCUT2D eigenvalue weighted by Crippen LogP contribution is 2.41. The van der Waals surface area contributed by atoms with Gasteiger partial charge >= 0.3 is 0 Å². The lowest BCUT2D eigenvalue weighted by molar-refractivity contribution is 0.460. The minimum absolute atomic E-state index is 0.287. The summed E-state index contributed by atoms with van der Waals surface area (Å²) in [6.07, 6.45) is 3.83. The molecule has 3 heterocycles. The van der Waals surface area contributed by atoms with Crippen LogP contribution in [0.15, 0.2) is 116 Å². The van der Waals surface area contributed by atoms with E-state index in [-0.39, 0.29) is 5.41 Å².